The summed E-state index contributed by atoms with van der Waals surface area (Å²) in [6.45, 7) is 4.83. The van der Waals surface area contributed by atoms with Gasteiger partial charge in [-0.15, -0.1) is 0 Å². The summed E-state index contributed by atoms with van der Waals surface area (Å²) in [5.74, 6) is -2.78. The van der Waals surface area contributed by atoms with Crippen molar-refractivity contribution in [1.82, 2.24) is 4.72 Å². The summed E-state index contributed by atoms with van der Waals surface area (Å²) in [6.07, 6.45) is 0.0609. The standard InChI is InChI=1S/C14H21FN2O6S2/c1-4-24(20,21)16-12-6-5-10(8-11(12)15)25(22,23)17-13(14(18)19)7-9(2)3/h5-6,8-9,13,16-17H,4,7H2,1-3H3,(H,18,19)/t13-/m1/s1. The maximum Gasteiger partial charge on any atom is 0.321 e. The number of nitrogens with one attached hydrogen (secondary N) is 2. The van der Waals surface area contributed by atoms with Gasteiger partial charge in [0.05, 0.1) is 16.3 Å². The molecule has 11 heteroatoms. The molecular weight excluding hydrogens is 375 g/mol. The lowest BCUT2D eigenvalue weighted by atomic mass is 10.1. The number of benzene rings is 1. The third kappa shape index (κ3) is 6.25. The van der Waals surface area contributed by atoms with Crippen LogP contribution in [0.4, 0.5) is 10.1 Å². The number of carboxylic acid groups (broad SMARTS) is 1. The van der Waals surface area contributed by atoms with E-state index in [9.17, 15) is 26.0 Å². The molecule has 0 saturated carbocycles. The molecule has 0 unspecified atom stereocenters. The molecule has 0 fully saturated rings. The number of rotatable bonds is 9. The van der Waals surface area contributed by atoms with E-state index in [4.69, 9.17) is 5.11 Å². The fraction of sp³-hybridized carbons (Fsp3) is 0.500. The van der Waals surface area contributed by atoms with Crippen molar-refractivity contribution in [2.24, 2.45) is 5.92 Å². The summed E-state index contributed by atoms with van der Waals surface area (Å²) < 4.78 is 65.4. The van der Waals surface area contributed by atoms with Gasteiger partial charge in [0.2, 0.25) is 20.0 Å². The van der Waals surface area contributed by atoms with E-state index in [1.165, 1.54) is 6.92 Å². The third-order valence-electron chi connectivity index (χ3n) is 3.20. The molecule has 1 atom stereocenters. The number of halogens is 1. The average Bonchev–Trinajstić information content (AvgIpc) is 2.47. The van der Waals surface area contributed by atoms with E-state index in [1.54, 1.807) is 13.8 Å². The first-order chi connectivity index (χ1) is 11.4. The van der Waals surface area contributed by atoms with E-state index in [0.29, 0.717) is 6.07 Å². The average molecular weight is 396 g/mol. The maximum atomic E-state index is 14.0. The van der Waals surface area contributed by atoms with Crippen LogP contribution in [0.5, 0.6) is 0 Å². The van der Waals surface area contributed by atoms with E-state index >= 15 is 0 Å². The summed E-state index contributed by atoms with van der Waals surface area (Å²) in [4.78, 5) is 10.7. The van der Waals surface area contributed by atoms with Gasteiger partial charge in [-0.1, -0.05) is 13.8 Å². The molecule has 25 heavy (non-hydrogen) atoms. The molecular formula is C14H21FN2O6S2. The first-order valence-electron chi connectivity index (χ1n) is 7.43. The summed E-state index contributed by atoms with van der Waals surface area (Å²) in [5, 5.41) is 9.11. The molecule has 1 aromatic rings. The maximum absolute atomic E-state index is 14.0. The van der Waals surface area contributed by atoms with Gasteiger partial charge < -0.3 is 5.11 Å². The highest BCUT2D eigenvalue weighted by atomic mass is 32.2. The normalized spacial score (nSPS) is 13.6. The Morgan fingerprint density at radius 3 is 2.28 bits per heavy atom. The molecule has 1 aromatic carbocycles. The van der Waals surface area contributed by atoms with E-state index in [0.717, 1.165) is 12.1 Å². The van der Waals surface area contributed by atoms with E-state index in [2.05, 4.69) is 0 Å². The molecule has 142 valence electrons. The second-order valence-corrected chi connectivity index (χ2v) is 9.51. The molecule has 0 heterocycles. The predicted molar refractivity (Wildman–Crippen MR) is 90.7 cm³/mol. The van der Waals surface area contributed by atoms with Crippen LogP contribution in [0.2, 0.25) is 0 Å². The SMILES string of the molecule is CCS(=O)(=O)Nc1ccc(S(=O)(=O)N[C@H](CC(C)C)C(=O)O)cc1F. The van der Waals surface area contributed by atoms with Crippen LogP contribution < -0.4 is 9.44 Å². The number of hydrogen-bond donors (Lipinski definition) is 3. The van der Waals surface area contributed by atoms with Crippen molar-refractivity contribution < 1.29 is 31.1 Å². The zero-order valence-electron chi connectivity index (χ0n) is 14.0. The molecule has 8 nitrogen and oxygen atoms in total. The second-order valence-electron chi connectivity index (χ2n) is 5.79. The largest absolute Gasteiger partial charge is 0.480 e. The van der Waals surface area contributed by atoms with Crippen LogP contribution in [0.3, 0.4) is 0 Å². The quantitative estimate of drug-likeness (QED) is 0.578. The van der Waals surface area contributed by atoms with Crippen molar-refractivity contribution in [2.45, 2.75) is 38.1 Å². The van der Waals surface area contributed by atoms with E-state index in [1.807, 2.05) is 9.44 Å². The Bertz CT molecular complexity index is 837. The van der Waals surface area contributed by atoms with Gasteiger partial charge in [-0.2, -0.15) is 4.72 Å². The number of anilines is 1. The van der Waals surface area contributed by atoms with Crippen molar-refractivity contribution in [2.75, 3.05) is 10.5 Å². The van der Waals surface area contributed by atoms with Gasteiger partial charge in [0.25, 0.3) is 0 Å². The van der Waals surface area contributed by atoms with Gasteiger partial charge in [0.1, 0.15) is 11.9 Å². The van der Waals surface area contributed by atoms with Crippen molar-refractivity contribution >= 4 is 31.7 Å². The smallest absolute Gasteiger partial charge is 0.321 e. The Morgan fingerprint density at radius 2 is 1.84 bits per heavy atom. The lowest BCUT2D eigenvalue weighted by Crippen LogP contribution is -2.41. The van der Waals surface area contributed by atoms with Crippen LogP contribution >= 0.6 is 0 Å². The molecule has 0 bridgehead atoms. The highest BCUT2D eigenvalue weighted by molar-refractivity contribution is 7.92. The number of carbonyl (C=O) groups is 1. The first kappa shape index (κ1) is 21.3. The minimum atomic E-state index is -4.29. The fourth-order valence-electron chi connectivity index (χ4n) is 1.91. The zero-order valence-corrected chi connectivity index (χ0v) is 15.6. The van der Waals surface area contributed by atoms with Gasteiger partial charge in [-0.05, 0) is 37.5 Å². The van der Waals surface area contributed by atoms with Crippen LogP contribution in [0.15, 0.2) is 23.1 Å². The Kier molecular flexibility index (Phi) is 6.91. The Labute approximate surface area is 146 Å². The minimum absolute atomic E-state index is 0.0609. The number of hydrogen-bond acceptors (Lipinski definition) is 5. The first-order valence-corrected chi connectivity index (χ1v) is 10.6. The van der Waals surface area contributed by atoms with Crippen molar-refractivity contribution in [3.05, 3.63) is 24.0 Å². The van der Waals surface area contributed by atoms with Gasteiger partial charge >= 0.3 is 5.97 Å². The fourth-order valence-corrected chi connectivity index (χ4v) is 3.77. The number of carboxylic acids is 1. The minimum Gasteiger partial charge on any atom is -0.480 e. The Morgan fingerprint density at radius 1 is 1.24 bits per heavy atom. The highest BCUT2D eigenvalue weighted by Gasteiger charge is 2.27. The molecule has 1 rings (SSSR count). The van der Waals surface area contributed by atoms with Gasteiger partial charge in [0, 0.05) is 0 Å². The van der Waals surface area contributed by atoms with Crippen molar-refractivity contribution in [1.29, 1.82) is 0 Å². The third-order valence-corrected chi connectivity index (χ3v) is 5.96. The van der Waals surface area contributed by atoms with Crippen molar-refractivity contribution in [3.63, 3.8) is 0 Å². The molecule has 0 spiro atoms. The van der Waals surface area contributed by atoms with Crippen LogP contribution in [0, 0.1) is 11.7 Å². The molecule has 0 saturated heterocycles. The van der Waals surface area contributed by atoms with E-state index in [-0.39, 0.29) is 18.1 Å². The molecule has 0 radical (unpaired) electrons. The lowest BCUT2D eigenvalue weighted by molar-refractivity contribution is -0.139. The molecule has 0 aliphatic carbocycles. The topological polar surface area (TPSA) is 130 Å². The van der Waals surface area contributed by atoms with Gasteiger partial charge in [0.15, 0.2) is 0 Å². The van der Waals surface area contributed by atoms with E-state index < -0.39 is 48.5 Å². The summed E-state index contributed by atoms with van der Waals surface area (Å²) in [6, 6.07) is 1.23. The highest BCUT2D eigenvalue weighted by Crippen LogP contribution is 2.21. The Hall–Kier alpha value is -1.72. The van der Waals surface area contributed by atoms with Gasteiger partial charge in [-0.25, -0.2) is 21.2 Å². The molecule has 0 amide bonds. The molecule has 3 N–H and O–H groups in total. The number of sulfonamides is 2. The second kappa shape index (κ2) is 8.11. The Balaban J connectivity index is 3.10. The lowest BCUT2D eigenvalue weighted by Gasteiger charge is -2.17. The summed E-state index contributed by atoms with van der Waals surface area (Å²) in [7, 11) is -8.01. The molecule has 0 aromatic heterocycles. The van der Waals surface area contributed by atoms with Crippen molar-refractivity contribution in [3.8, 4) is 0 Å². The molecule has 0 aliphatic rings. The van der Waals surface area contributed by atoms with Crippen LogP contribution in [0.1, 0.15) is 27.2 Å². The van der Waals surface area contributed by atoms with Crippen LogP contribution in [-0.4, -0.2) is 39.7 Å². The summed E-state index contributed by atoms with van der Waals surface area (Å²) >= 11 is 0. The van der Waals surface area contributed by atoms with Crippen LogP contribution in [-0.2, 0) is 24.8 Å². The molecule has 0 aliphatic heterocycles. The van der Waals surface area contributed by atoms with Crippen LogP contribution in [0.25, 0.3) is 0 Å². The summed E-state index contributed by atoms with van der Waals surface area (Å²) in [5.41, 5.74) is -0.391. The van der Waals surface area contributed by atoms with Gasteiger partial charge in [-0.3, -0.25) is 9.52 Å². The predicted octanol–water partition coefficient (Wildman–Crippen LogP) is 1.36. The monoisotopic (exact) mass is 396 g/mol. The number of aliphatic carboxylic acids is 1. The zero-order chi connectivity index (χ0) is 19.4.